The van der Waals surface area contributed by atoms with E-state index in [0.717, 1.165) is 24.4 Å². The number of likely N-dealkylation sites (tertiary alicyclic amines) is 1. The van der Waals surface area contributed by atoms with Gasteiger partial charge < -0.3 is 10.5 Å². The molecule has 2 N–H and O–H groups in total. The Labute approximate surface area is 127 Å². The molecular weight excluding hydrogens is 268 g/mol. The highest BCUT2D eigenvalue weighted by molar-refractivity contribution is 7.80. The largest absolute Gasteiger partial charge is 0.494 e. The van der Waals surface area contributed by atoms with Crippen molar-refractivity contribution in [3.63, 3.8) is 0 Å². The molecule has 3 nitrogen and oxygen atoms in total. The molecule has 0 spiro atoms. The molecule has 1 aliphatic rings. The van der Waals surface area contributed by atoms with E-state index in [9.17, 15) is 0 Å². The Balaban J connectivity index is 2.17. The Morgan fingerprint density at radius 2 is 2.15 bits per heavy atom. The maximum absolute atomic E-state index is 6.00. The highest BCUT2D eigenvalue weighted by atomic mass is 32.1. The van der Waals surface area contributed by atoms with Gasteiger partial charge in [0.15, 0.2) is 0 Å². The Morgan fingerprint density at radius 1 is 1.45 bits per heavy atom. The highest BCUT2D eigenvalue weighted by Gasteiger charge is 2.27. The van der Waals surface area contributed by atoms with Crippen LogP contribution in [0.3, 0.4) is 0 Å². The first-order chi connectivity index (χ1) is 9.61. The van der Waals surface area contributed by atoms with Gasteiger partial charge in [-0.25, -0.2) is 0 Å². The third kappa shape index (κ3) is 3.70. The van der Waals surface area contributed by atoms with Crippen molar-refractivity contribution in [2.24, 2.45) is 11.7 Å². The molecule has 0 aromatic heterocycles. The number of nitrogens with two attached hydrogens (primary N) is 1. The van der Waals surface area contributed by atoms with Gasteiger partial charge in [0.25, 0.3) is 0 Å². The lowest BCUT2D eigenvalue weighted by Gasteiger charge is -2.37. The maximum Gasteiger partial charge on any atom is 0.119 e. The third-order valence-corrected chi connectivity index (χ3v) is 4.05. The second-order valence-corrected chi connectivity index (χ2v) is 6.02. The summed E-state index contributed by atoms with van der Waals surface area (Å²) in [6, 6.07) is 8.19. The molecule has 20 heavy (non-hydrogen) atoms. The van der Waals surface area contributed by atoms with Gasteiger partial charge in [0, 0.05) is 6.54 Å². The molecule has 0 amide bonds. The zero-order valence-corrected chi connectivity index (χ0v) is 13.2. The van der Waals surface area contributed by atoms with Crippen molar-refractivity contribution in [1.29, 1.82) is 0 Å². The van der Waals surface area contributed by atoms with E-state index in [4.69, 9.17) is 22.7 Å². The second kappa shape index (κ2) is 7.04. The normalized spacial score (nSPS) is 21.4. The van der Waals surface area contributed by atoms with E-state index in [0.29, 0.717) is 17.5 Å². The lowest BCUT2D eigenvalue weighted by molar-refractivity contribution is 0.162. The van der Waals surface area contributed by atoms with Gasteiger partial charge >= 0.3 is 0 Å². The molecule has 1 heterocycles. The Hall–Kier alpha value is -1.13. The Morgan fingerprint density at radius 3 is 2.70 bits per heavy atom. The molecule has 0 bridgehead atoms. The highest BCUT2D eigenvalue weighted by Crippen LogP contribution is 2.28. The van der Waals surface area contributed by atoms with Crippen LogP contribution in [0.25, 0.3) is 0 Å². The van der Waals surface area contributed by atoms with Crippen molar-refractivity contribution in [2.75, 3.05) is 19.7 Å². The number of ether oxygens (including phenoxy) is 1. The number of thiocarbonyl (C=S) groups is 1. The van der Waals surface area contributed by atoms with Gasteiger partial charge in [-0.2, -0.15) is 0 Å². The monoisotopic (exact) mass is 292 g/mol. The van der Waals surface area contributed by atoms with Crippen LogP contribution in [-0.2, 0) is 0 Å². The van der Waals surface area contributed by atoms with Gasteiger partial charge in [0.2, 0.25) is 0 Å². The molecule has 0 aliphatic carbocycles. The molecule has 1 aliphatic heterocycles. The van der Waals surface area contributed by atoms with Crippen molar-refractivity contribution in [2.45, 2.75) is 32.7 Å². The molecule has 0 saturated carbocycles. The standard InChI is InChI=1S/C16H24N2OS/c1-3-19-14-8-6-13(7-9-14)15(16(17)20)18-10-4-5-12(2)11-18/h6-9,12,15H,3-5,10-11H2,1-2H3,(H2,17,20). The molecule has 2 unspecified atom stereocenters. The van der Waals surface area contributed by atoms with Gasteiger partial charge in [-0.1, -0.05) is 31.3 Å². The summed E-state index contributed by atoms with van der Waals surface area (Å²) in [6.07, 6.45) is 2.52. The van der Waals surface area contributed by atoms with E-state index < -0.39 is 0 Å². The van der Waals surface area contributed by atoms with E-state index in [-0.39, 0.29) is 6.04 Å². The quantitative estimate of drug-likeness (QED) is 0.846. The van der Waals surface area contributed by atoms with Crippen LogP contribution in [0.4, 0.5) is 0 Å². The first kappa shape index (κ1) is 15.3. The molecule has 2 atom stereocenters. The van der Waals surface area contributed by atoms with Crippen LogP contribution >= 0.6 is 12.2 Å². The molecule has 1 fully saturated rings. The number of rotatable bonds is 5. The van der Waals surface area contributed by atoms with Gasteiger partial charge in [-0.15, -0.1) is 0 Å². The minimum absolute atomic E-state index is 0.0448. The first-order valence-electron chi connectivity index (χ1n) is 7.38. The summed E-state index contributed by atoms with van der Waals surface area (Å²) < 4.78 is 5.49. The summed E-state index contributed by atoms with van der Waals surface area (Å²) in [4.78, 5) is 2.97. The Bertz CT molecular complexity index is 446. The Kier molecular flexibility index (Phi) is 5.38. The number of piperidine rings is 1. The van der Waals surface area contributed by atoms with E-state index in [2.05, 4.69) is 24.0 Å². The average molecular weight is 292 g/mol. The predicted molar refractivity (Wildman–Crippen MR) is 87.1 cm³/mol. The fraction of sp³-hybridized carbons (Fsp3) is 0.562. The topological polar surface area (TPSA) is 38.5 Å². The average Bonchev–Trinajstić information content (AvgIpc) is 2.41. The zero-order chi connectivity index (χ0) is 14.5. The van der Waals surface area contributed by atoms with Crippen molar-refractivity contribution in [3.8, 4) is 5.75 Å². The maximum atomic E-state index is 6.00. The van der Waals surface area contributed by atoms with Crippen molar-refractivity contribution >= 4 is 17.2 Å². The van der Waals surface area contributed by atoms with Gasteiger partial charge in [-0.3, -0.25) is 4.90 Å². The van der Waals surface area contributed by atoms with E-state index in [1.807, 2.05) is 19.1 Å². The van der Waals surface area contributed by atoms with Crippen LogP contribution in [0.2, 0.25) is 0 Å². The van der Waals surface area contributed by atoms with Crippen LogP contribution in [-0.4, -0.2) is 29.6 Å². The molecule has 1 aromatic carbocycles. The van der Waals surface area contributed by atoms with E-state index >= 15 is 0 Å². The lowest BCUT2D eigenvalue weighted by atomic mass is 9.96. The van der Waals surface area contributed by atoms with Gasteiger partial charge in [0.1, 0.15) is 5.75 Å². The minimum atomic E-state index is 0.0448. The summed E-state index contributed by atoms with van der Waals surface area (Å²) in [6.45, 7) is 7.10. The molecule has 0 radical (unpaired) electrons. The van der Waals surface area contributed by atoms with Crippen molar-refractivity contribution in [1.82, 2.24) is 4.90 Å². The predicted octanol–water partition coefficient (Wildman–Crippen LogP) is 3.14. The van der Waals surface area contributed by atoms with Crippen molar-refractivity contribution in [3.05, 3.63) is 29.8 Å². The molecule has 110 valence electrons. The summed E-state index contributed by atoms with van der Waals surface area (Å²) in [5.74, 6) is 1.60. The fourth-order valence-corrected chi connectivity index (χ4v) is 3.21. The number of benzene rings is 1. The SMILES string of the molecule is CCOc1ccc(C(C(N)=S)N2CCCC(C)C2)cc1. The molecule has 1 saturated heterocycles. The summed E-state index contributed by atoms with van der Waals surface area (Å²) in [5.41, 5.74) is 7.16. The summed E-state index contributed by atoms with van der Waals surface area (Å²) in [7, 11) is 0. The van der Waals surface area contributed by atoms with E-state index in [1.54, 1.807) is 0 Å². The molecule has 1 aromatic rings. The van der Waals surface area contributed by atoms with Crippen LogP contribution < -0.4 is 10.5 Å². The molecular formula is C16H24N2OS. The van der Waals surface area contributed by atoms with Gasteiger partial charge in [-0.05, 0) is 49.9 Å². The fourth-order valence-electron chi connectivity index (χ4n) is 2.93. The number of hydrogen-bond acceptors (Lipinski definition) is 3. The van der Waals surface area contributed by atoms with Crippen molar-refractivity contribution < 1.29 is 4.74 Å². The zero-order valence-electron chi connectivity index (χ0n) is 12.3. The van der Waals surface area contributed by atoms with Crippen LogP contribution in [0.15, 0.2) is 24.3 Å². The smallest absolute Gasteiger partial charge is 0.119 e. The first-order valence-corrected chi connectivity index (χ1v) is 7.78. The van der Waals surface area contributed by atoms with E-state index in [1.165, 1.54) is 12.8 Å². The van der Waals surface area contributed by atoms with Crippen LogP contribution in [0, 0.1) is 5.92 Å². The summed E-state index contributed by atoms with van der Waals surface area (Å²) in [5, 5.41) is 0. The second-order valence-electron chi connectivity index (χ2n) is 5.55. The molecule has 2 rings (SSSR count). The van der Waals surface area contributed by atoms with Crippen LogP contribution in [0.5, 0.6) is 5.75 Å². The lowest BCUT2D eigenvalue weighted by Crippen LogP contribution is -2.42. The third-order valence-electron chi connectivity index (χ3n) is 3.83. The van der Waals surface area contributed by atoms with Gasteiger partial charge in [0.05, 0.1) is 17.6 Å². The minimum Gasteiger partial charge on any atom is -0.494 e. The number of hydrogen-bond donors (Lipinski definition) is 1. The number of nitrogens with zero attached hydrogens (tertiary/aromatic N) is 1. The summed E-state index contributed by atoms with van der Waals surface area (Å²) >= 11 is 5.31. The molecule has 4 heteroatoms. The van der Waals surface area contributed by atoms with Crippen LogP contribution in [0.1, 0.15) is 38.3 Å².